The SMILES string of the molecule is CC(C)C(CN)c1nc2c(F)cccc2n1C(C)C. The van der Waals surface area contributed by atoms with Gasteiger partial charge in [-0.05, 0) is 31.9 Å². The maximum atomic E-state index is 13.9. The van der Waals surface area contributed by atoms with Gasteiger partial charge in [-0.2, -0.15) is 0 Å². The summed E-state index contributed by atoms with van der Waals surface area (Å²) in [7, 11) is 0. The van der Waals surface area contributed by atoms with Gasteiger partial charge in [0.05, 0.1) is 5.52 Å². The summed E-state index contributed by atoms with van der Waals surface area (Å²) in [6.07, 6.45) is 0. The number of benzene rings is 1. The van der Waals surface area contributed by atoms with Crippen LogP contribution in [0.4, 0.5) is 4.39 Å². The lowest BCUT2D eigenvalue weighted by molar-refractivity contribution is 0.449. The lowest BCUT2D eigenvalue weighted by Gasteiger charge is -2.22. The second kappa shape index (κ2) is 5.29. The molecule has 1 aromatic heterocycles. The highest BCUT2D eigenvalue weighted by Gasteiger charge is 2.24. The number of aromatic nitrogens is 2. The molecule has 0 spiro atoms. The van der Waals surface area contributed by atoms with Crippen LogP contribution in [0.5, 0.6) is 0 Å². The first-order chi connectivity index (χ1) is 8.97. The van der Waals surface area contributed by atoms with Gasteiger partial charge < -0.3 is 10.3 Å². The molecule has 2 aromatic rings. The fraction of sp³-hybridized carbons (Fsp3) is 0.533. The number of fused-ring (bicyclic) bond motifs is 1. The van der Waals surface area contributed by atoms with E-state index in [1.807, 2.05) is 6.07 Å². The van der Waals surface area contributed by atoms with Gasteiger partial charge in [-0.3, -0.25) is 0 Å². The Bertz CT molecular complexity index is 572. The number of hydrogen-bond donors (Lipinski definition) is 1. The molecule has 2 N–H and O–H groups in total. The first-order valence-corrected chi connectivity index (χ1v) is 6.83. The van der Waals surface area contributed by atoms with Gasteiger partial charge in [0.2, 0.25) is 0 Å². The maximum Gasteiger partial charge on any atom is 0.151 e. The van der Waals surface area contributed by atoms with Crippen molar-refractivity contribution in [2.24, 2.45) is 11.7 Å². The Labute approximate surface area is 113 Å². The number of nitrogens with zero attached hydrogens (tertiary/aromatic N) is 2. The molecule has 1 aromatic carbocycles. The van der Waals surface area contributed by atoms with Crippen LogP contribution >= 0.6 is 0 Å². The molecule has 4 heteroatoms. The highest BCUT2D eigenvalue weighted by molar-refractivity contribution is 5.77. The monoisotopic (exact) mass is 263 g/mol. The lowest BCUT2D eigenvalue weighted by Crippen LogP contribution is -2.22. The number of imidazole rings is 1. The highest BCUT2D eigenvalue weighted by Crippen LogP contribution is 2.30. The van der Waals surface area contributed by atoms with Crippen LogP contribution < -0.4 is 5.73 Å². The number of hydrogen-bond acceptors (Lipinski definition) is 2. The van der Waals surface area contributed by atoms with E-state index >= 15 is 0 Å². The fourth-order valence-electron chi connectivity index (χ4n) is 2.58. The molecule has 19 heavy (non-hydrogen) atoms. The smallest absolute Gasteiger partial charge is 0.151 e. The van der Waals surface area contributed by atoms with Crippen molar-refractivity contribution >= 4 is 11.0 Å². The van der Waals surface area contributed by atoms with Gasteiger partial charge >= 0.3 is 0 Å². The minimum absolute atomic E-state index is 0.147. The Hall–Kier alpha value is -1.42. The van der Waals surface area contributed by atoms with Crippen LogP contribution in [-0.2, 0) is 0 Å². The standard InChI is InChI=1S/C15H22FN3/c1-9(2)11(8-17)15-18-14-12(16)6-5-7-13(14)19(15)10(3)4/h5-7,9-11H,8,17H2,1-4H3. The zero-order chi connectivity index (χ0) is 14.2. The van der Waals surface area contributed by atoms with Crippen LogP contribution in [-0.4, -0.2) is 16.1 Å². The van der Waals surface area contributed by atoms with Crippen LogP contribution in [0.15, 0.2) is 18.2 Å². The average Bonchev–Trinajstić information content (AvgIpc) is 2.70. The summed E-state index contributed by atoms with van der Waals surface area (Å²) >= 11 is 0. The molecule has 1 unspecified atom stereocenters. The minimum Gasteiger partial charge on any atom is -0.330 e. The van der Waals surface area contributed by atoms with Crippen molar-refractivity contribution < 1.29 is 4.39 Å². The second-order valence-corrected chi connectivity index (χ2v) is 5.63. The summed E-state index contributed by atoms with van der Waals surface area (Å²) in [5.74, 6) is 1.15. The van der Waals surface area contributed by atoms with E-state index in [9.17, 15) is 4.39 Å². The highest BCUT2D eigenvalue weighted by atomic mass is 19.1. The third-order valence-corrected chi connectivity index (χ3v) is 3.60. The van der Waals surface area contributed by atoms with E-state index in [2.05, 4.69) is 37.2 Å². The molecule has 0 saturated heterocycles. The van der Waals surface area contributed by atoms with E-state index in [1.165, 1.54) is 6.07 Å². The van der Waals surface area contributed by atoms with Crippen molar-refractivity contribution in [3.63, 3.8) is 0 Å². The summed E-state index contributed by atoms with van der Waals surface area (Å²) in [4.78, 5) is 4.53. The first kappa shape index (κ1) is 14.0. The predicted molar refractivity (Wildman–Crippen MR) is 76.7 cm³/mol. The maximum absolute atomic E-state index is 13.9. The third kappa shape index (κ3) is 2.37. The van der Waals surface area contributed by atoms with E-state index in [4.69, 9.17) is 5.73 Å². The normalized spacial score (nSPS) is 13.7. The molecule has 0 bridgehead atoms. The first-order valence-electron chi connectivity index (χ1n) is 6.83. The van der Waals surface area contributed by atoms with E-state index in [1.54, 1.807) is 6.07 Å². The molecule has 0 fully saturated rings. The summed E-state index contributed by atoms with van der Waals surface area (Å²) in [5.41, 5.74) is 7.19. The molecule has 0 radical (unpaired) electrons. The molecule has 0 aliphatic rings. The number of nitrogens with two attached hydrogens (primary N) is 1. The van der Waals surface area contributed by atoms with Gasteiger partial charge in [-0.25, -0.2) is 9.37 Å². The van der Waals surface area contributed by atoms with E-state index in [0.29, 0.717) is 18.0 Å². The Morgan fingerprint density at radius 2 is 1.95 bits per heavy atom. The largest absolute Gasteiger partial charge is 0.330 e. The minimum atomic E-state index is -0.266. The van der Waals surface area contributed by atoms with Crippen LogP contribution in [0.25, 0.3) is 11.0 Å². The molecule has 1 heterocycles. The zero-order valence-electron chi connectivity index (χ0n) is 12.0. The van der Waals surface area contributed by atoms with Crippen LogP contribution in [0.1, 0.15) is 45.5 Å². The molecular weight excluding hydrogens is 241 g/mol. The van der Waals surface area contributed by atoms with Crippen molar-refractivity contribution in [3.8, 4) is 0 Å². The molecule has 0 saturated carbocycles. The predicted octanol–water partition coefficient (Wildman–Crippen LogP) is 3.45. The van der Waals surface area contributed by atoms with Crippen molar-refractivity contribution in [1.29, 1.82) is 0 Å². The van der Waals surface area contributed by atoms with E-state index < -0.39 is 0 Å². The van der Waals surface area contributed by atoms with Crippen molar-refractivity contribution in [1.82, 2.24) is 9.55 Å². The number of para-hydroxylation sites is 1. The van der Waals surface area contributed by atoms with Gasteiger partial charge in [0, 0.05) is 18.5 Å². The summed E-state index contributed by atoms with van der Waals surface area (Å²) < 4.78 is 16.0. The Morgan fingerprint density at radius 1 is 1.26 bits per heavy atom. The van der Waals surface area contributed by atoms with Crippen LogP contribution in [0.2, 0.25) is 0 Å². The Balaban J connectivity index is 2.72. The van der Waals surface area contributed by atoms with E-state index in [-0.39, 0.29) is 17.8 Å². The topological polar surface area (TPSA) is 43.8 Å². The second-order valence-electron chi connectivity index (χ2n) is 5.63. The molecule has 0 amide bonds. The number of halogens is 1. The summed E-state index contributed by atoms with van der Waals surface area (Å²) in [5, 5.41) is 0. The lowest BCUT2D eigenvalue weighted by atomic mass is 9.95. The summed E-state index contributed by atoms with van der Waals surface area (Å²) in [6.45, 7) is 8.94. The molecule has 0 aliphatic heterocycles. The van der Waals surface area contributed by atoms with Crippen LogP contribution in [0, 0.1) is 11.7 Å². The zero-order valence-corrected chi connectivity index (χ0v) is 12.0. The van der Waals surface area contributed by atoms with Gasteiger partial charge in [0.15, 0.2) is 5.82 Å². The Kier molecular flexibility index (Phi) is 3.90. The fourth-order valence-corrected chi connectivity index (χ4v) is 2.58. The molecule has 2 rings (SSSR count). The van der Waals surface area contributed by atoms with Crippen molar-refractivity contribution in [3.05, 3.63) is 29.8 Å². The van der Waals surface area contributed by atoms with Crippen LogP contribution in [0.3, 0.4) is 0 Å². The molecular formula is C15H22FN3. The van der Waals surface area contributed by atoms with Gasteiger partial charge in [-0.1, -0.05) is 19.9 Å². The molecule has 1 atom stereocenters. The molecule has 0 aliphatic carbocycles. The molecule has 104 valence electrons. The van der Waals surface area contributed by atoms with Crippen molar-refractivity contribution in [2.45, 2.75) is 39.7 Å². The Morgan fingerprint density at radius 3 is 2.47 bits per heavy atom. The third-order valence-electron chi connectivity index (χ3n) is 3.60. The van der Waals surface area contributed by atoms with Gasteiger partial charge in [0.25, 0.3) is 0 Å². The van der Waals surface area contributed by atoms with E-state index in [0.717, 1.165) is 11.3 Å². The quantitative estimate of drug-likeness (QED) is 0.918. The molecule has 3 nitrogen and oxygen atoms in total. The average molecular weight is 263 g/mol. The summed E-state index contributed by atoms with van der Waals surface area (Å²) in [6, 6.07) is 5.34. The van der Waals surface area contributed by atoms with Crippen molar-refractivity contribution in [2.75, 3.05) is 6.54 Å². The van der Waals surface area contributed by atoms with Gasteiger partial charge in [0.1, 0.15) is 11.3 Å². The number of rotatable bonds is 4. The van der Waals surface area contributed by atoms with Gasteiger partial charge in [-0.15, -0.1) is 0 Å².